The van der Waals surface area contributed by atoms with Gasteiger partial charge in [0.05, 0.1) is 20.3 Å². The Bertz CT molecular complexity index is 833. The molecule has 29 heavy (non-hydrogen) atoms. The molecule has 5 heteroatoms. The van der Waals surface area contributed by atoms with Crippen molar-refractivity contribution in [1.82, 2.24) is 10.2 Å². The molecule has 158 valence electrons. The van der Waals surface area contributed by atoms with E-state index in [-0.39, 0.29) is 6.04 Å². The molecule has 0 radical (unpaired) electrons. The van der Waals surface area contributed by atoms with Gasteiger partial charge in [0.25, 0.3) is 0 Å². The first-order valence-corrected chi connectivity index (χ1v) is 10.3. The number of hydrogen-bond donors (Lipinski definition) is 1. The number of methoxy groups -OCH3 is 2. The third kappa shape index (κ3) is 4.85. The van der Waals surface area contributed by atoms with Crippen molar-refractivity contribution in [1.29, 1.82) is 0 Å². The summed E-state index contributed by atoms with van der Waals surface area (Å²) in [6.45, 7) is 6.82. The topological polar surface area (TPSA) is 43.0 Å². The molecule has 1 atom stereocenters. The Kier molecular flexibility index (Phi) is 7.04. The summed E-state index contributed by atoms with van der Waals surface area (Å²) in [7, 11) is 7.53. The summed E-state index contributed by atoms with van der Waals surface area (Å²) in [4.78, 5) is 2.11. The SMILES string of the molecule is COc1cc2c(cc1OCCN(C)C)C(c1cc(C(C)C)ccc1OC)NCC2. The maximum absolute atomic E-state index is 6.08. The summed E-state index contributed by atoms with van der Waals surface area (Å²) >= 11 is 0. The van der Waals surface area contributed by atoms with Gasteiger partial charge in [0.15, 0.2) is 11.5 Å². The standard InChI is InChI=1S/C24H34N2O3/c1-16(2)17-7-8-21(27-5)20(13-17)24-19-15-23(29-12-11-26(3)4)22(28-6)14-18(19)9-10-25-24/h7-8,13-16,24-25H,9-12H2,1-6H3. The molecule has 0 aromatic heterocycles. The Morgan fingerprint density at radius 3 is 2.41 bits per heavy atom. The highest BCUT2D eigenvalue weighted by atomic mass is 16.5. The molecule has 1 heterocycles. The smallest absolute Gasteiger partial charge is 0.161 e. The number of nitrogens with one attached hydrogen (secondary N) is 1. The fourth-order valence-electron chi connectivity index (χ4n) is 3.79. The van der Waals surface area contributed by atoms with E-state index in [0.717, 1.165) is 36.8 Å². The molecule has 0 saturated carbocycles. The fraction of sp³-hybridized carbons (Fsp3) is 0.500. The van der Waals surface area contributed by atoms with Gasteiger partial charge in [0, 0.05) is 18.7 Å². The summed E-state index contributed by atoms with van der Waals surface area (Å²) in [6, 6.07) is 10.8. The molecular formula is C24H34N2O3. The predicted molar refractivity (Wildman–Crippen MR) is 118 cm³/mol. The Morgan fingerprint density at radius 2 is 1.76 bits per heavy atom. The minimum atomic E-state index is 0.0644. The van der Waals surface area contributed by atoms with Crippen LogP contribution in [0.3, 0.4) is 0 Å². The zero-order chi connectivity index (χ0) is 21.0. The van der Waals surface area contributed by atoms with Crippen LogP contribution in [0.15, 0.2) is 30.3 Å². The van der Waals surface area contributed by atoms with Crippen LogP contribution < -0.4 is 19.5 Å². The van der Waals surface area contributed by atoms with Crippen molar-refractivity contribution in [2.24, 2.45) is 0 Å². The average molecular weight is 399 g/mol. The number of benzene rings is 2. The maximum Gasteiger partial charge on any atom is 0.161 e. The lowest BCUT2D eigenvalue weighted by Gasteiger charge is -2.30. The highest BCUT2D eigenvalue weighted by molar-refractivity contribution is 5.54. The van der Waals surface area contributed by atoms with Crippen molar-refractivity contribution in [3.8, 4) is 17.2 Å². The number of likely N-dealkylation sites (N-methyl/N-ethyl adjacent to an activating group) is 1. The van der Waals surface area contributed by atoms with E-state index in [9.17, 15) is 0 Å². The van der Waals surface area contributed by atoms with Crippen molar-refractivity contribution in [3.63, 3.8) is 0 Å². The van der Waals surface area contributed by atoms with E-state index >= 15 is 0 Å². The number of ether oxygens (including phenoxy) is 3. The van der Waals surface area contributed by atoms with Crippen molar-refractivity contribution >= 4 is 0 Å². The number of rotatable bonds is 8. The summed E-state index contributed by atoms with van der Waals surface area (Å²) in [5.74, 6) is 2.96. The van der Waals surface area contributed by atoms with E-state index in [1.807, 2.05) is 14.1 Å². The van der Waals surface area contributed by atoms with Gasteiger partial charge in [0.2, 0.25) is 0 Å². The average Bonchev–Trinajstić information content (AvgIpc) is 2.72. The van der Waals surface area contributed by atoms with Crippen LogP contribution in [0.4, 0.5) is 0 Å². The van der Waals surface area contributed by atoms with E-state index in [4.69, 9.17) is 14.2 Å². The molecule has 5 nitrogen and oxygen atoms in total. The molecule has 0 amide bonds. The molecule has 1 aliphatic heterocycles. The molecule has 2 aromatic carbocycles. The van der Waals surface area contributed by atoms with Crippen LogP contribution in [-0.2, 0) is 6.42 Å². The molecule has 0 fully saturated rings. The van der Waals surface area contributed by atoms with Gasteiger partial charge in [-0.25, -0.2) is 0 Å². The van der Waals surface area contributed by atoms with Crippen molar-refractivity contribution in [3.05, 3.63) is 52.6 Å². The van der Waals surface area contributed by atoms with E-state index in [1.165, 1.54) is 22.3 Å². The molecule has 0 bridgehead atoms. The van der Waals surface area contributed by atoms with Gasteiger partial charge in [-0.2, -0.15) is 0 Å². The Balaban J connectivity index is 2.02. The molecule has 2 aromatic rings. The first kappa shape index (κ1) is 21.5. The highest BCUT2D eigenvalue weighted by Crippen LogP contribution is 2.40. The molecule has 0 aliphatic carbocycles. The van der Waals surface area contributed by atoms with Crippen LogP contribution in [0, 0.1) is 0 Å². The quantitative estimate of drug-likeness (QED) is 0.728. The molecule has 1 aliphatic rings. The lowest BCUT2D eigenvalue weighted by Crippen LogP contribution is -2.31. The van der Waals surface area contributed by atoms with Gasteiger partial charge in [0.1, 0.15) is 12.4 Å². The highest BCUT2D eigenvalue weighted by Gasteiger charge is 2.26. The van der Waals surface area contributed by atoms with Gasteiger partial charge < -0.3 is 24.4 Å². The zero-order valence-electron chi connectivity index (χ0n) is 18.5. The first-order valence-electron chi connectivity index (χ1n) is 10.3. The predicted octanol–water partition coefficient (Wildman–Crippen LogP) is 4.00. The normalized spacial score (nSPS) is 16.1. The van der Waals surface area contributed by atoms with Gasteiger partial charge in [-0.3, -0.25) is 0 Å². The molecular weight excluding hydrogens is 364 g/mol. The van der Waals surface area contributed by atoms with Crippen LogP contribution >= 0.6 is 0 Å². The monoisotopic (exact) mass is 398 g/mol. The largest absolute Gasteiger partial charge is 0.496 e. The van der Waals surface area contributed by atoms with Crippen LogP contribution in [0.5, 0.6) is 17.2 Å². The molecule has 3 rings (SSSR count). The van der Waals surface area contributed by atoms with E-state index in [1.54, 1.807) is 14.2 Å². The van der Waals surface area contributed by atoms with Gasteiger partial charge in [-0.05, 0) is 67.4 Å². The second-order valence-electron chi connectivity index (χ2n) is 8.15. The minimum Gasteiger partial charge on any atom is -0.496 e. The summed E-state index contributed by atoms with van der Waals surface area (Å²) < 4.78 is 17.4. The summed E-state index contributed by atoms with van der Waals surface area (Å²) in [5.41, 5.74) is 5.01. The van der Waals surface area contributed by atoms with Crippen molar-refractivity contribution < 1.29 is 14.2 Å². The van der Waals surface area contributed by atoms with Crippen LogP contribution in [0.2, 0.25) is 0 Å². The van der Waals surface area contributed by atoms with E-state index in [2.05, 4.69) is 54.4 Å². The Hall–Kier alpha value is -2.24. The Morgan fingerprint density at radius 1 is 1.00 bits per heavy atom. The summed E-state index contributed by atoms with van der Waals surface area (Å²) in [6.07, 6.45) is 0.965. The lowest BCUT2D eigenvalue weighted by molar-refractivity contribution is 0.250. The molecule has 1 N–H and O–H groups in total. The third-order valence-electron chi connectivity index (χ3n) is 5.51. The third-order valence-corrected chi connectivity index (χ3v) is 5.51. The molecule has 0 saturated heterocycles. The van der Waals surface area contributed by atoms with E-state index < -0.39 is 0 Å². The number of nitrogens with zero attached hydrogens (tertiary/aromatic N) is 1. The second kappa shape index (κ2) is 9.51. The van der Waals surface area contributed by atoms with Crippen LogP contribution in [0.1, 0.15) is 48.1 Å². The van der Waals surface area contributed by atoms with Crippen molar-refractivity contribution in [2.45, 2.75) is 32.2 Å². The van der Waals surface area contributed by atoms with Crippen LogP contribution in [0.25, 0.3) is 0 Å². The molecule has 1 unspecified atom stereocenters. The second-order valence-corrected chi connectivity index (χ2v) is 8.15. The Labute approximate surface area is 175 Å². The fourth-order valence-corrected chi connectivity index (χ4v) is 3.79. The molecule has 0 spiro atoms. The lowest BCUT2D eigenvalue weighted by atomic mass is 9.87. The van der Waals surface area contributed by atoms with Crippen molar-refractivity contribution in [2.75, 3.05) is 48.0 Å². The maximum atomic E-state index is 6.08. The number of hydrogen-bond acceptors (Lipinski definition) is 5. The van der Waals surface area contributed by atoms with Gasteiger partial charge >= 0.3 is 0 Å². The first-order chi connectivity index (χ1) is 13.9. The van der Waals surface area contributed by atoms with Gasteiger partial charge in [-0.1, -0.05) is 19.9 Å². The minimum absolute atomic E-state index is 0.0644. The zero-order valence-corrected chi connectivity index (χ0v) is 18.5. The summed E-state index contributed by atoms with van der Waals surface area (Å²) in [5, 5.41) is 3.69. The number of fused-ring (bicyclic) bond motifs is 1. The van der Waals surface area contributed by atoms with Gasteiger partial charge in [-0.15, -0.1) is 0 Å². The van der Waals surface area contributed by atoms with Crippen LogP contribution in [-0.4, -0.2) is 52.9 Å². The van der Waals surface area contributed by atoms with E-state index in [0.29, 0.717) is 12.5 Å².